The van der Waals surface area contributed by atoms with Crippen LogP contribution in [0.1, 0.15) is 26.2 Å². The van der Waals surface area contributed by atoms with Crippen LogP contribution in [0.15, 0.2) is 18.2 Å². The van der Waals surface area contributed by atoms with Crippen LogP contribution in [0.3, 0.4) is 0 Å². The summed E-state index contributed by atoms with van der Waals surface area (Å²) in [6.07, 6.45) is 1.11. The monoisotopic (exact) mass is 318 g/mol. The number of halogens is 2. The predicted molar refractivity (Wildman–Crippen MR) is 76.2 cm³/mol. The van der Waals surface area contributed by atoms with Gasteiger partial charge in [-0.2, -0.15) is 0 Å². The lowest BCUT2D eigenvalue weighted by molar-refractivity contribution is -0.185. The molecule has 0 N–H and O–H groups in total. The molecule has 1 aromatic rings. The Morgan fingerprint density at radius 1 is 1.40 bits per heavy atom. The summed E-state index contributed by atoms with van der Waals surface area (Å²) < 4.78 is 16.2. The second kappa shape index (κ2) is 7.16. The first-order valence-corrected chi connectivity index (χ1v) is 7.29. The molecule has 0 radical (unpaired) electrons. The van der Waals surface area contributed by atoms with E-state index in [4.69, 9.17) is 37.4 Å². The van der Waals surface area contributed by atoms with Crippen LogP contribution in [-0.2, 0) is 14.3 Å². The highest BCUT2D eigenvalue weighted by Gasteiger charge is 2.30. The minimum absolute atomic E-state index is 0.341. The van der Waals surface area contributed by atoms with Gasteiger partial charge in [-0.3, -0.25) is 0 Å². The zero-order valence-electron chi connectivity index (χ0n) is 11.1. The van der Waals surface area contributed by atoms with Crippen LogP contribution in [0.4, 0.5) is 0 Å². The number of hydrogen-bond acceptors (Lipinski definition) is 4. The maximum atomic E-state index is 11.7. The molecule has 1 fully saturated rings. The Morgan fingerprint density at radius 3 is 2.90 bits per heavy atom. The molecule has 1 aromatic carbocycles. The lowest BCUT2D eigenvalue weighted by Gasteiger charge is -2.29. The van der Waals surface area contributed by atoms with Crippen LogP contribution >= 0.6 is 23.2 Å². The highest BCUT2D eigenvalue weighted by Crippen LogP contribution is 2.30. The normalized spacial score (nSPS) is 22.4. The second-order valence-corrected chi connectivity index (χ2v) is 5.27. The van der Waals surface area contributed by atoms with E-state index in [2.05, 4.69) is 0 Å². The smallest absolute Gasteiger partial charge is 0.335 e. The maximum Gasteiger partial charge on any atom is 0.335 e. The highest BCUT2D eigenvalue weighted by atomic mass is 35.5. The Labute approximate surface area is 127 Å². The fourth-order valence-corrected chi connectivity index (χ4v) is 2.45. The fourth-order valence-electron chi connectivity index (χ4n) is 2.00. The number of benzene rings is 1. The molecule has 2 unspecified atom stereocenters. The van der Waals surface area contributed by atoms with E-state index >= 15 is 0 Å². The van der Waals surface area contributed by atoms with Gasteiger partial charge in [0.05, 0.1) is 11.6 Å². The average Bonchev–Trinajstić information content (AvgIpc) is 2.43. The molecule has 0 saturated carbocycles. The second-order valence-electron chi connectivity index (χ2n) is 4.43. The van der Waals surface area contributed by atoms with Crippen molar-refractivity contribution in [3.8, 4) is 5.75 Å². The molecule has 0 amide bonds. The number of carbonyl (C=O) groups is 1. The van der Waals surface area contributed by atoms with E-state index in [9.17, 15) is 4.79 Å². The van der Waals surface area contributed by atoms with Gasteiger partial charge in [-0.05, 0) is 38.0 Å². The SMILES string of the molecule is CCOC(=O)C1CCCC(Oc2ccc(Cl)cc2Cl)O1. The first kappa shape index (κ1) is 15.4. The number of rotatable bonds is 4. The summed E-state index contributed by atoms with van der Waals surface area (Å²) in [5.74, 6) is 0.147. The number of esters is 1. The van der Waals surface area contributed by atoms with E-state index < -0.39 is 12.4 Å². The summed E-state index contributed by atoms with van der Waals surface area (Å²) in [5.41, 5.74) is 0. The van der Waals surface area contributed by atoms with E-state index in [-0.39, 0.29) is 5.97 Å². The number of ether oxygens (including phenoxy) is 3. The Bertz CT molecular complexity index is 478. The van der Waals surface area contributed by atoms with Gasteiger partial charge in [-0.15, -0.1) is 0 Å². The molecule has 1 aliphatic heterocycles. The summed E-state index contributed by atoms with van der Waals surface area (Å²) in [5, 5.41) is 0.954. The van der Waals surface area contributed by atoms with Crippen LogP contribution in [0, 0.1) is 0 Å². The first-order chi connectivity index (χ1) is 9.60. The van der Waals surface area contributed by atoms with Crippen molar-refractivity contribution in [3.05, 3.63) is 28.2 Å². The lowest BCUT2D eigenvalue weighted by atomic mass is 10.1. The largest absolute Gasteiger partial charge is 0.464 e. The lowest BCUT2D eigenvalue weighted by Crippen LogP contribution is -2.37. The van der Waals surface area contributed by atoms with Gasteiger partial charge in [0.15, 0.2) is 6.10 Å². The van der Waals surface area contributed by atoms with Crippen LogP contribution in [0.2, 0.25) is 10.0 Å². The molecule has 0 aliphatic carbocycles. The Balaban J connectivity index is 1.97. The quantitative estimate of drug-likeness (QED) is 0.791. The van der Waals surface area contributed by atoms with Gasteiger partial charge >= 0.3 is 5.97 Å². The van der Waals surface area contributed by atoms with E-state index in [1.165, 1.54) is 0 Å². The average molecular weight is 319 g/mol. The molecular weight excluding hydrogens is 303 g/mol. The van der Waals surface area contributed by atoms with Gasteiger partial charge in [0.25, 0.3) is 0 Å². The van der Waals surface area contributed by atoms with Gasteiger partial charge in [0.1, 0.15) is 5.75 Å². The zero-order chi connectivity index (χ0) is 14.5. The maximum absolute atomic E-state index is 11.7. The van der Waals surface area contributed by atoms with Crippen molar-refractivity contribution in [3.63, 3.8) is 0 Å². The minimum atomic E-state index is -0.570. The van der Waals surface area contributed by atoms with Crippen molar-refractivity contribution in [2.24, 2.45) is 0 Å². The van der Waals surface area contributed by atoms with Crippen LogP contribution in [0.25, 0.3) is 0 Å². The van der Waals surface area contributed by atoms with Crippen molar-refractivity contribution in [2.75, 3.05) is 6.61 Å². The molecule has 0 bridgehead atoms. The molecule has 4 nitrogen and oxygen atoms in total. The van der Waals surface area contributed by atoms with Gasteiger partial charge in [0, 0.05) is 11.4 Å². The summed E-state index contributed by atoms with van der Waals surface area (Å²) in [4.78, 5) is 11.7. The standard InChI is InChI=1S/C14H16Cl2O4/c1-2-18-14(17)12-4-3-5-13(20-12)19-11-7-6-9(15)8-10(11)16/h6-8,12-13H,2-5H2,1H3. The molecule has 1 heterocycles. The number of hydrogen-bond donors (Lipinski definition) is 0. The zero-order valence-corrected chi connectivity index (χ0v) is 12.6. The van der Waals surface area contributed by atoms with Crippen LogP contribution < -0.4 is 4.74 Å². The van der Waals surface area contributed by atoms with E-state index in [0.717, 1.165) is 6.42 Å². The third-order valence-electron chi connectivity index (χ3n) is 2.92. The molecule has 2 atom stereocenters. The van der Waals surface area contributed by atoms with Gasteiger partial charge < -0.3 is 14.2 Å². The van der Waals surface area contributed by atoms with Crippen LogP contribution in [0.5, 0.6) is 5.75 Å². The molecule has 0 spiro atoms. The fraction of sp³-hybridized carbons (Fsp3) is 0.500. The molecule has 1 saturated heterocycles. The van der Waals surface area contributed by atoms with Crippen molar-refractivity contribution in [2.45, 2.75) is 38.6 Å². The van der Waals surface area contributed by atoms with Gasteiger partial charge in [0.2, 0.25) is 6.29 Å². The minimum Gasteiger partial charge on any atom is -0.464 e. The van der Waals surface area contributed by atoms with Gasteiger partial charge in [-0.1, -0.05) is 23.2 Å². The molecule has 2 rings (SSSR count). The highest BCUT2D eigenvalue weighted by molar-refractivity contribution is 6.35. The molecule has 20 heavy (non-hydrogen) atoms. The van der Waals surface area contributed by atoms with E-state index in [1.54, 1.807) is 25.1 Å². The van der Waals surface area contributed by atoms with Crippen molar-refractivity contribution >= 4 is 29.2 Å². The Kier molecular flexibility index (Phi) is 5.52. The van der Waals surface area contributed by atoms with E-state index in [0.29, 0.717) is 35.2 Å². The molecular formula is C14H16Cl2O4. The number of carbonyl (C=O) groups excluding carboxylic acids is 1. The molecule has 1 aliphatic rings. The third-order valence-corrected chi connectivity index (χ3v) is 3.45. The molecule has 110 valence electrons. The van der Waals surface area contributed by atoms with E-state index in [1.807, 2.05) is 0 Å². The van der Waals surface area contributed by atoms with Crippen LogP contribution in [-0.4, -0.2) is 25.0 Å². The summed E-state index contributed by atoms with van der Waals surface area (Å²) in [6.45, 7) is 2.11. The molecule has 0 aromatic heterocycles. The Hall–Kier alpha value is -0.970. The molecule has 6 heteroatoms. The topological polar surface area (TPSA) is 44.8 Å². The summed E-state index contributed by atoms with van der Waals surface area (Å²) >= 11 is 11.9. The van der Waals surface area contributed by atoms with Crippen molar-refractivity contribution in [1.29, 1.82) is 0 Å². The third kappa shape index (κ3) is 4.01. The van der Waals surface area contributed by atoms with Crippen molar-refractivity contribution < 1.29 is 19.0 Å². The predicted octanol–water partition coefficient (Wildman–Crippen LogP) is 3.83. The summed E-state index contributed by atoms with van der Waals surface area (Å²) in [7, 11) is 0. The Morgan fingerprint density at radius 2 is 2.20 bits per heavy atom. The first-order valence-electron chi connectivity index (χ1n) is 6.54. The van der Waals surface area contributed by atoms with Crippen molar-refractivity contribution in [1.82, 2.24) is 0 Å². The van der Waals surface area contributed by atoms with Gasteiger partial charge in [-0.25, -0.2) is 4.79 Å². The summed E-state index contributed by atoms with van der Waals surface area (Å²) in [6, 6.07) is 4.97.